The van der Waals surface area contributed by atoms with Crippen molar-refractivity contribution in [3.63, 3.8) is 0 Å². The van der Waals surface area contributed by atoms with Crippen LogP contribution < -0.4 is 10.2 Å². The van der Waals surface area contributed by atoms with Crippen molar-refractivity contribution in [3.05, 3.63) is 101 Å². The molecule has 2 unspecified atom stereocenters. The molecular formula is C38H47N3O6. The van der Waals surface area contributed by atoms with Crippen molar-refractivity contribution >= 4 is 29.6 Å². The molecule has 1 aliphatic rings. The largest absolute Gasteiger partial charge is 0.466 e. The Kier molecular flexibility index (Phi) is 12.2. The maximum atomic E-state index is 14.6. The molecule has 3 aromatic rings. The molecule has 1 aliphatic heterocycles. The highest BCUT2D eigenvalue weighted by Crippen LogP contribution is 2.38. The number of carbonyl (C=O) groups is 4. The third kappa shape index (κ3) is 9.67. The number of esters is 1. The molecule has 3 amide bonds. The second-order valence-electron chi connectivity index (χ2n) is 12.9. The number of ether oxygens (including phenoxy) is 2. The molecule has 9 nitrogen and oxygen atoms in total. The summed E-state index contributed by atoms with van der Waals surface area (Å²) in [5.41, 5.74) is 3.01. The van der Waals surface area contributed by atoms with Gasteiger partial charge in [-0.05, 0) is 82.7 Å². The van der Waals surface area contributed by atoms with E-state index in [2.05, 4.69) is 5.32 Å². The first-order chi connectivity index (χ1) is 22.5. The maximum absolute atomic E-state index is 14.6. The van der Waals surface area contributed by atoms with E-state index in [0.29, 0.717) is 23.4 Å². The van der Waals surface area contributed by atoms with Gasteiger partial charge < -0.3 is 24.6 Å². The van der Waals surface area contributed by atoms with Gasteiger partial charge in [-0.2, -0.15) is 0 Å². The molecule has 4 rings (SSSR count). The standard InChI is InChI=1S/C38H47N3O6/c1-6-46-33(42)24-27(2)41-34(30-19-13-8-14-20-30)36(44)40(26-29-17-10-7-11-18-29)32-22-21-28(25-31(32)35(41)43)16-12-9-15-23-39-37(45)47-38(3,4)5/h7-8,10-11,13-14,17-22,25,27,34H,6,9,12,15-16,23-24,26H2,1-5H3,(H,39,45). The van der Waals surface area contributed by atoms with Gasteiger partial charge in [0.1, 0.15) is 11.6 Å². The van der Waals surface area contributed by atoms with Gasteiger partial charge in [-0.25, -0.2) is 4.79 Å². The minimum atomic E-state index is -0.940. The van der Waals surface area contributed by atoms with E-state index >= 15 is 0 Å². The number of nitrogens with zero attached hydrogens (tertiary/aromatic N) is 2. The fourth-order valence-electron chi connectivity index (χ4n) is 5.80. The number of carbonyl (C=O) groups excluding carboxylic acids is 4. The molecular weight excluding hydrogens is 594 g/mol. The molecule has 47 heavy (non-hydrogen) atoms. The number of hydrogen-bond acceptors (Lipinski definition) is 6. The average Bonchev–Trinajstić information content (AvgIpc) is 3.11. The van der Waals surface area contributed by atoms with Crippen LogP contribution >= 0.6 is 0 Å². The molecule has 1 heterocycles. The lowest BCUT2D eigenvalue weighted by molar-refractivity contribution is -0.144. The summed E-state index contributed by atoms with van der Waals surface area (Å²) in [5.74, 6) is -0.973. The third-order valence-corrected chi connectivity index (χ3v) is 7.95. The van der Waals surface area contributed by atoms with Crippen molar-refractivity contribution in [1.82, 2.24) is 10.2 Å². The van der Waals surface area contributed by atoms with Crippen LogP contribution in [-0.2, 0) is 32.0 Å². The van der Waals surface area contributed by atoms with Gasteiger partial charge >= 0.3 is 12.1 Å². The van der Waals surface area contributed by atoms with Gasteiger partial charge in [0.25, 0.3) is 11.8 Å². The minimum absolute atomic E-state index is 0.0404. The lowest BCUT2D eigenvalue weighted by Crippen LogP contribution is -2.47. The highest BCUT2D eigenvalue weighted by atomic mass is 16.6. The molecule has 3 aromatic carbocycles. The highest BCUT2D eigenvalue weighted by molar-refractivity contribution is 6.11. The zero-order valence-corrected chi connectivity index (χ0v) is 28.2. The Balaban J connectivity index is 1.63. The van der Waals surface area contributed by atoms with Gasteiger partial charge in [0.15, 0.2) is 0 Å². The molecule has 250 valence electrons. The molecule has 1 N–H and O–H groups in total. The number of hydrogen-bond donors (Lipinski definition) is 1. The molecule has 0 radical (unpaired) electrons. The number of nitrogens with one attached hydrogen (secondary N) is 1. The van der Waals surface area contributed by atoms with Crippen LogP contribution in [-0.4, -0.2) is 53.6 Å². The summed E-state index contributed by atoms with van der Waals surface area (Å²) in [5, 5.41) is 2.79. The van der Waals surface area contributed by atoms with Crippen LogP contribution in [0.1, 0.15) is 93.4 Å². The average molecular weight is 642 g/mol. The van der Waals surface area contributed by atoms with Crippen molar-refractivity contribution in [2.75, 3.05) is 18.1 Å². The molecule has 0 spiro atoms. The summed E-state index contributed by atoms with van der Waals surface area (Å²) < 4.78 is 10.5. The van der Waals surface area contributed by atoms with E-state index < -0.39 is 29.7 Å². The monoisotopic (exact) mass is 641 g/mol. The number of benzene rings is 3. The van der Waals surface area contributed by atoms with E-state index in [1.807, 2.05) is 99.6 Å². The molecule has 0 saturated heterocycles. The Labute approximate surface area is 278 Å². The van der Waals surface area contributed by atoms with Gasteiger partial charge in [0, 0.05) is 12.6 Å². The predicted octanol–water partition coefficient (Wildman–Crippen LogP) is 7.00. The molecule has 2 atom stereocenters. The Hall–Kier alpha value is -4.66. The van der Waals surface area contributed by atoms with Gasteiger partial charge in [-0.15, -0.1) is 0 Å². The lowest BCUT2D eigenvalue weighted by Gasteiger charge is -2.35. The van der Waals surface area contributed by atoms with Crippen molar-refractivity contribution < 1.29 is 28.7 Å². The number of unbranched alkanes of at least 4 members (excludes halogenated alkanes) is 2. The van der Waals surface area contributed by atoms with Crippen LogP contribution in [0, 0.1) is 0 Å². The summed E-state index contributed by atoms with van der Waals surface area (Å²) in [6.45, 7) is 10.1. The predicted molar refractivity (Wildman–Crippen MR) is 182 cm³/mol. The second kappa shape index (κ2) is 16.3. The normalized spacial score (nSPS) is 15.5. The fraction of sp³-hybridized carbons (Fsp3) is 0.421. The second-order valence-corrected chi connectivity index (χ2v) is 12.9. The molecule has 9 heteroatoms. The SMILES string of the molecule is CCOC(=O)CC(C)N1C(=O)c2cc(CCCCCNC(=O)OC(C)(C)C)ccc2N(Cc2ccccc2)C(=O)C1c1ccccc1. The van der Waals surface area contributed by atoms with E-state index in [0.717, 1.165) is 36.8 Å². The number of amides is 3. The quantitative estimate of drug-likeness (QED) is 0.159. The fourth-order valence-corrected chi connectivity index (χ4v) is 5.80. The first kappa shape index (κ1) is 35.2. The third-order valence-electron chi connectivity index (χ3n) is 7.95. The van der Waals surface area contributed by atoms with Gasteiger partial charge in [0.2, 0.25) is 0 Å². The van der Waals surface area contributed by atoms with Gasteiger partial charge in [-0.3, -0.25) is 14.4 Å². The van der Waals surface area contributed by atoms with Gasteiger partial charge in [-0.1, -0.05) is 73.2 Å². The van der Waals surface area contributed by atoms with Crippen LogP contribution in [0.5, 0.6) is 0 Å². The molecule has 0 saturated carbocycles. The topological polar surface area (TPSA) is 105 Å². The zero-order valence-electron chi connectivity index (χ0n) is 28.2. The summed E-state index contributed by atoms with van der Waals surface area (Å²) in [4.78, 5) is 57.1. The van der Waals surface area contributed by atoms with Crippen LogP contribution in [0.4, 0.5) is 10.5 Å². The van der Waals surface area contributed by atoms with E-state index in [9.17, 15) is 19.2 Å². The van der Waals surface area contributed by atoms with Crippen LogP contribution in [0.25, 0.3) is 0 Å². The van der Waals surface area contributed by atoms with Crippen molar-refractivity contribution in [3.8, 4) is 0 Å². The highest BCUT2D eigenvalue weighted by Gasteiger charge is 2.43. The van der Waals surface area contributed by atoms with Gasteiger partial charge in [0.05, 0.1) is 30.8 Å². The first-order valence-electron chi connectivity index (χ1n) is 16.5. The van der Waals surface area contributed by atoms with Crippen LogP contribution in [0.3, 0.4) is 0 Å². The molecule has 0 bridgehead atoms. The molecule has 0 aliphatic carbocycles. The lowest BCUT2D eigenvalue weighted by atomic mass is 10.00. The van der Waals surface area contributed by atoms with Crippen molar-refractivity contribution in [2.24, 2.45) is 0 Å². The summed E-state index contributed by atoms with van der Waals surface area (Å²) >= 11 is 0. The number of rotatable bonds is 13. The van der Waals surface area contributed by atoms with E-state index in [1.54, 1.807) is 23.6 Å². The number of aryl methyl sites for hydroxylation is 1. The Bertz CT molecular complexity index is 1520. The van der Waals surface area contributed by atoms with Crippen molar-refractivity contribution in [2.45, 2.75) is 91.0 Å². The van der Waals surface area contributed by atoms with E-state index in [1.165, 1.54) is 0 Å². The zero-order chi connectivity index (χ0) is 34.0. The summed E-state index contributed by atoms with van der Waals surface area (Å²) in [6, 6.07) is 23.2. The number of anilines is 1. The Morgan fingerprint density at radius 3 is 2.23 bits per heavy atom. The first-order valence-corrected chi connectivity index (χ1v) is 16.5. The summed E-state index contributed by atoms with van der Waals surface area (Å²) in [6.07, 6.45) is 2.78. The summed E-state index contributed by atoms with van der Waals surface area (Å²) in [7, 11) is 0. The number of fused-ring (bicyclic) bond motifs is 1. The Morgan fingerprint density at radius 2 is 1.57 bits per heavy atom. The van der Waals surface area contributed by atoms with Crippen LogP contribution in [0.15, 0.2) is 78.9 Å². The number of alkyl carbamates (subject to hydrolysis) is 1. The van der Waals surface area contributed by atoms with Crippen LogP contribution in [0.2, 0.25) is 0 Å². The van der Waals surface area contributed by atoms with E-state index in [4.69, 9.17) is 9.47 Å². The van der Waals surface area contributed by atoms with E-state index in [-0.39, 0.29) is 31.4 Å². The maximum Gasteiger partial charge on any atom is 0.407 e. The molecule has 0 fully saturated rings. The van der Waals surface area contributed by atoms with Crippen molar-refractivity contribution in [1.29, 1.82) is 0 Å². The molecule has 0 aromatic heterocycles. The Morgan fingerprint density at radius 1 is 0.894 bits per heavy atom. The smallest absolute Gasteiger partial charge is 0.407 e. The minimum Gasteiger partial charge on any atom is -0.466 e.